The van der Waals surface area contributed by atoms with E-state index in [9.17, 15) is 4.79 Å². The lowest BCUT2D eigenvalue weighted by atomic mass is 9.99. The molecule has 0 aromatic heterocycles. The lowest BCUT2D eigenvalue weighted by molar-refractivity contribution is 0.0955. The molecular formula is C16H17NO. The van der Waals surface area contributed by atoms with Gasteiger partial charge in [0.25, 0.3) is 5.91 Å². The van der Waals surface area contributed by atoms with Crippen LogP contribution in [0.3, 0.4) is 0 Å². The zero-order chi connectivity index (χ0) is 12.5. The predicted molar refractivity (Wildman–Crippen MR) is 74.0 cm³/mol. The van der Waals surface area contributed by atoms with Crippen LogP contribution in [0, 0.1) is 0 Å². The summed E-state index contributed by atoms with van der Waals surface area (Å²) >= 11 is 0. The van der Waals surface area contributed by atoms with Crippen molar-refractivity contribution in [3.8, 4) is 0 Å². The molecule has 2 heteroatoms. The summed E-state index contributed by atoms with van der Waals surface area (Å²) in [6.45, 7) is 2.80. The molecule has 0 fully saturated rings. The van der Waals surface area contributed by atoms with Crippen LogP contribution in [0.2, 0.25) is 0 Å². The van der Waals surface area contributed by atoms with E-state index < -0.39 is 0 Å². The van der Waals surface area contributed by atoms with Gasteiger partial charge in [-0.25, -0.2) is 0 Å². The summed E-state index contributed by atoms with van der Waals surface area (Å²) in [4.78, 5) is 12.1. The van der Waals surface area contributed by atoms with Crippen LogP contribution in [-0.4, -0.2) is 12.5 Å². The van der Waals surface area contributed by atoms with Crippen LogP contribution in [0.15, 0.2) is 30.3 Å². The molecule has 0 saturated carbocycles. The molecule has 3 rings (SSSR count). The number of hydrogen-bond acceptors (Lipinski definition) is 1. The maximum atomic E-state index is 12.1. The summed E-state index contributed by atoms with van der Waals surface area (Å²) in [5.74, 6) is 0.0486. The molecule has 0 atom stereocenters. The monoisotopic (exact) mass is 239 g/mol. The van der Waals surface area contributed by atoms with Gasteiger partial charge in [0.15, 0.2) is 0 Å². The molecule has 0 aliphatic heterocycles. The fourth-order valence-electron chi connectivity index (χ4n) is 2.78. The Morgan fingerprint density at radius 2 is 1.94 bits per heavy atom. The van der Waals surface area contributed by atoms with E-state index >= 15 is 0 Å². The zero-order valence-corrected chi connectivity index (χ0v) is 10.6. The van der Waals surface area contributed by atoms with Gasteiger partial charge in [0.2, 0.25) is 0 Å². The molecule has 1 N–H and O–H groups in total. The molecule has 1 aliphatic carbocycles. The van der Waals surface area contributed by atoms with Crippen molar-refractivity contribution >= 4 is 16.7 Å². The first kappa shape index (κ1) is 11.3. The highest BCUT2D eigenvalue weighted by Gasteiger charge is 2.18. The molecule has 0 radical (unpaired) electrons. The van der Waals surface area contributed by atoms with E-state index in [0.29, 0.717) is 0 Å². The van der Waals surface area contributed by atoms with Crippen molar-refractivity contribution in [2.24, 2.45) is 0 Å². The topological polar surface area (TPSA) is 29.1 Å². The average Bonchev–Trinajstić information content (AvgIpc) is 2.82. The summed E-state index contributed by atoms with van der Waals surface area (Å²) in [6, 6.07) is 10.4. The highest BCUT2D eigenvalue weighted by Crippen LogP contribution is 2.32. The van der Waals surface area contributed by atoms with Gasteiger partial charge in [-0.1, -0.05) is 31.2 Å². The number of rotatable bonds is 3. The molecule has 1 aliphatic rings. The van der Waals surface area contributed by atoms with Crippen molar-refractivity contribution in [2.75, 3.05) is 6.54 Å². The van der Waals surface area contributed by atoms with E-state index in [2.05, 4.69) is 36.5 Å². The molecule has 2 aromatic carbocycles. The van der Waals surface area contributed by atoms with Crippen molar-refractivity contribution < 1.29 is 4.79 Å². The number of amides is 1. The van der Waals surface area contributed by atoms with Gasteiger partial charge in [-0.2, -0.15) is 0 Å². The van der Waals surface area contributed by atoms with E-state index in [4.69, 9.17) is 0 Å². The summed E-state index contributed by atoms with van der Waals surface area (Å²) in [7, 11) is 0. The Labute approximate surface area is 107 Å². The predicted octanol–water partition coefficient (Wildman–Crippen LogP) is 3.08. The summed E-state index contributed by atoms with van der Waals surface area (Å²) in [6.07, 6.45) is 3.17. The minimum absolute atomic E-state index is 0.0486. The number of benzene rings is 2. The van der Waals surface area contributed by atoms with Crippen LogP contribution in [0.5, 0.6) is 0 Å². The molecular weight excluding hydrogens is 222 g/mol. The molecule has 0 spiro atoms. The van der Waals surface area contributed by atoms with Crippen LogP contribution in [-0.2, 0) is 12.8 Å². The molecule has 2 nitrogen and oxygen atoms in total. The normalized spacial score (nSPS) is 12.9. The van der Waals surface area contributed by atoms with E-state index in [0.717, 1.165) is 36.8 Å². The minimum atomic E-state index is 0.0486. The van der Waals surface area contributed by atoms with E-state index in [1.54, 1.807) is 0 Å². The maximum Gasteiger partial charge on any atom is 0.251 e. The molecule has 0 saturated heterocycles. The first-order valence-electron chi connectivity index (χ1n) is 6.63. The lowest BCUT2D eigenvalue weighted by Gasteiger charge is -2.09. The van der Waals surface area contributed by atoms with Gasteiger partial charge >= 0.3 is 0 Å². The fourth-order valence-corrected chi connectivity index (χ4v) is 2.78. The minimum Gasteiger partial charge on any atom is -0.352 e. The third kappa shape index (κ3) is 1.69. The highest BCUT2D eigenvalue weighted by atomic mass is 16.1. The number of aryl methyl sites for hydroxylation is 2. The number of carbonyl (C=O) groups is 1. The quantitative estimate of drug-likeness (QED) is 0.876. The molecule has 1 amide bonds. The Morgan fingerprint density at radius 1 is 1.17 bits per heavy atom. The first-order valence-corrected chi connectivity index (χ1v) is 6.63. The Bertz CT molecular complexity index is 606. The van der Waals surface area contributed by atoms with E-state index in [1.807, 2.05) is 6.07 Å². The molecule has 0 bridgehead atoms. The third-order valence-corrected chi connectivity index (χ3v) is 3.66. The van der Waals surface area contributed by atoms with Crippen molar-refractivity contribution in [1.29, 1.82) is 0 Å². The van der Waals surface area contributed by atoms with Gasteiger partial charge in [0.1, 0.15) is 0 Å². The second-order valence-electron chi connectivity index (χ2n) is 4.87. The summed E-state index contributed by atoms with van der Waals surface area (Å²) in [5.41, 5.74) is 3.58. The van der Waals surface area contributed by atoms with Gasteiger partial charge in [-0.3, -0.25) is 4.79 Å². The second kappa shape index (κ2) is 4.45. The maximum absolute atomic E-state index is 12.1. The van der Waals surface area contributed by atoms with Crippen molar-refractivity contribution in [3.05, 3.63) is 47.0 Å². The fraction of sp³-hybridized carbons (Fsp3) is 0.312. The molecule has 92 valence electrons. The molecule has 2 aromatic rings. The van der Waals surface area contributed by atoms with Crippen LogP contribution in [0.25, 0.3) is 10.8 Å². The van der Waals surface area contributed by atoms with Gasteiger partial charge in [0.05, 0.1) is 0 Å². The van der Waals surface area contributed by atoms with E-state index in [1.165, 1.54) is 16.5 Å². The van der Waals surface area contributed by atoms with Crippen molar-refractivity contribution in [1.82, 2.24) is 5.32 Å². The lowest BCUT2D eigenvalue weighted by Crippen LogP contribution is -2.24. The zero-order valence-electron chi connectivity index (χ0n) is 10.6. The van der Waals surface area contributed by atoms with Crippen LogP contribution >= 0.6 is 0 Å². The van der Waals surface area contributed by atoms with Crippen LogP contribution in [0.1, 0.15) is 34.8 Å². The third-order valence-electron chi connectivity index (χ3n) is 3.66. The van der Waals surface area contributed by atoms with Gasteiger partial charge in [-0.15, -0.1) is 0 Å². The largest absolute Gasteiger partial charge is 0.352 e. The van der Waals surface area contributed by atoms with Crippen LogP contribution < -0.4 is 5.32 Å². The number of carbonyl (C=O) groups excluding carboxylic acids is 1. The molecule has 0 unspecified atom stereocenters. The first-order chi connectivity index (χ1) is 8.81. The summed E-state index contributed by atoms with van der Waals surface area (Å²) in [5, 5.41) is 5.38. The van der Waals surface area contributed by atoms with Gasteiger partial charge in [-0.05, 0) is 47.2 Å². The van der Waals surface area contributed by atoms with Gasteiger partial charge in [0, 0.05) is 12.1 Å². The number of hydrogen-bond donors (Lipinski definition) is 1. The van der Waals surface area contributed by atoms with Gasteiger partial charge < -0.3 is 5.32 Å². The summed E-state index contributed by atoms with van der Waals surface area (Å²) < 4.78 is 0. The van der Waals surface area contributed by atoms with Crippen LogP contribution in [0.4, 0.5) is 0 Å². The highest BCUT2D eigenvalue weighted by molar-refractivity contribution is 6.09. The van der Waals surface area contributed by atoms with E-state index in [-0.39, 0.29) is 5.91 Å². The Kier molecular flexibility index (Phi) is 2.78. The standard InChI is InChI=1S/C16H17NO/c1-2-10-17-16(18)14-9-8-12-7-6-11-4-3-5-13(14)15(11)12/h3-5,8-9H,2,6-7,10H2,1H3,(H,17,18). The SMILES string of the molecule is CCCNC(=O)c1ccc2c3c(cccc13)CC2. The Morgan fingerprint density at radius 3 is 2.72 bits per heavy atom. The smallest absolute Gasteiger partial charge is 0.251 e. The molecule has 18 heavy (non-hydrogen) atoms. The van der Waals surface area contributed by atoms with Crippen molar-refractivity contribution in [3.63, 3.8) is 0 Å². The Balaban J connectivity index is 2.12. The Hall–Kier alpha value is -1.83. The number of nitrogens with one attached hydrogen (secondary N) is 1. The average molecular weight is 239 g/mol. The molecule has 0 heterocycles. The van der Waals surface area contributed by atoms with Crippen molar-refractivity contribution in [2.45, 2.75) is 26.2 Å². The second-order valence-corrected chi connectivity index (χ2v) is 4.87.